The molecule has 1 amide bonds. The van der Waals surface area contributed by atoms with Gasteiger partial charge in [0.1, 0.15) is 5.82 Å². The average molecular weight is 235 g/mol. The predicted molar refractivity (Wildman–Crippen MR) is 69.0 cm³/mol. The lowest BCUT2D eigenvalue weighted by atomic mass is 9.95. The van der Waals surface area contributed by atoms with E-state index in [0.717, 1.165) is 24.1 Å². The van der Waals surface area contributed by atoms with E-state index < -0.39 is 5.91 Å². The van der Waals surface area contributed by atoms with Gasteiger partial charge < -0.3 is 16.0 Å². The largest absolute Gasteiger partial charge is 0.384 e. The lowest BCUT2D eigenvalue weighted by molar-refractivity contribution is 0.100. The molecule has 1 aromatic rings. The van der Waals surface area contributed by atoms with Crippen LogP contribution in [-0.4, -0.2) is 10.5 Å². The number of amides is 1. The Kier molecular flexibility index (Phi) is 3.13. The highest BCUT2D eigenvalue weighted by molar-refractivity contribution is 5.99. The Labute approximate surface area is 102 Å². The number of nitrogens with zero attached hydrogens (tertiary/aromatic N) is 1. The Morgan fingerprint density at radius 2 is 1.82 bits per heavy atom. The molecule has 0 radical (unpaired) electrons. The Bertz CT molecular complexity index is 442. The minimum absolute atomic E-state index is 0.419. The number of nitrogen functional groups attached to an aromatic ring is 1. The molecule has 4 N–H and O–H groups in total. The van der Waals surface area contributed by atoms with Crippen LogP contribution in [-0.2, 0) is 0 Å². The van der Waals surface area contributed by atoms with Crippen LogP contribution in [0.25, 0.3) is 0 Å². The zero-order chi connectivity index (χ0) is 12.6. The van der Waals surface area contributed by atoms with Crippen LogP contribution in [0.1, 0.15) is 59.8 Å². The highest BCUT2D eigenvalue weighted by Crippen LogP contribution is 2.35. The van der Waals surface area contributed by atoms with Gasteiger partial charge in [0.25, 0.3) is 5.91 Å². The third kappa shape index (κ3) is 1.92. The van der Waals surface area contributed by atoms with Gasteiger partial charge in [-0.1, -0.05) is 19.3 Å². The highest BCUT2D eigenvalue weighted by atomic mass is 16.1. The summed E-state index contributed by atoms with van der Waals surface area (Å²) >= 11 is 0. The Morgan fingerprint density at radius 1 is 1.24 bits per heavy atom. The molecular weight excluding hydrogens is 214 g/mol. The molecule has 17 heavy (non-hydrogen) atoms. The second kappa shape index (κ2) is 4.43. The number of carbonyl (C=O) groups is 1. The number of hydrogen-bond acceptors (Lipinski definition) is 2. The zero-order valence-electron chi connectivity index (χ0n) is 10.6. The maximum absolute atomic E-state index is 11.4. The molecule has 0 aromatic carbocycles. The van der Waals surface area contributed by atoms with Crippen LogP contribution < -0.4 is 11.5 Å². The van der Waals surface area contributed by atoms with E-state index in [0.29, 0.717) is 17.4 Å². The molecule has 2 rings (SSSR count). The van der Waals surface area contributed by atoms with E-state index in [-0.39, 0.29) is 0 Å². The van der Waals surface area contributed by atoms with Gasteiger partial charge in [-0.05, 0) is 32.3 Å². The predicted octanol–water partition coefficient (Wildman–Crippen LogP) is 2.29. The van der Waals surface area contributed by atoms with Crippen molar-refractivity contribution in [1.29, 1.82) is 0 Å². The van der Waals surface area contributed by atoms with Crippen molar-refractivity contribution in [3.8, 4) is 0 Å². The Hall–Kier alpha value is -1.45. The molecule has 1 aromatic heterocycles. The molecule has 4 nitrogen and oxygen atoms in total. The van der Waals surface area contributed by atoms with Gasteiger partial charge >= 0.3 is 0 Å². The lowest BCUT2D eigenvalue weighted by Crippen LogP contribution is -2.18. The number of carbonyl (C=O) groups excluding carboxylic acids is 1. The van der Waals surface area contributed by atoms with E-state index in [1.54, 1.807) is 0 Å². The smallest absolute Gasteiger partial charge is 0.252 e. The summed E-state index contributed by atoms with van der Waals surface area (Å²) in [5.41, 5.74) is 14.0. The maximum atomic E-state index is 11.4. The van der Waals surface area contributed by atoms with Crippen molar-refractivity contribution >= 4 is 11.7 Å². The molecule has 0 saturated heterocycles. The topological polar surface area (TPSA) is 74.0 Å². The molecule has 0 spiro atoms. The molecule has 94 valence electrons. The van der Waals surface area contributed by atoms with Gasteiger partial charge in [-0.15, -0.1) is 0 Å². The van der Waals surface area contributed by atoms with E-state index in [4.69, 9.17) is 11.5 Å². The number of rotatable bonds is 2. The van der Waals surface area contributed by atoms with Gasteiger partial charge in [0.15, 0.2) is 0 Å². The molecule has 1 aliphatic rings. The van der Waals surface area contributed by atoms with Crippen LogP contribution in [0.4, 0.5) is 5.82 Å². The van der Waals surface area contributed by atoms with Crippen LogP contribution in [0.5, 0.6) is 0 Å². The Balaban J connectivity index is 2.46. The molecule has 1 aliphatic carbocycles. The monoisotopic (exact) mass is 235 g/mol. The summed E-state index contributed by atoms with van der Waals surface area (Å²) in [6, 6.07) is 0.440. The van der Waals surface area contributed by atoms with Crippen molar-refractivity contribution in [2.24, 2.45) is 5.73 Å². The van der Waals surface area contributed by atoms with Crippen molar-refractivity contribution in [2.45, 2.75) is 52.0 Å². The first-order chi connectivity index (χ1) is 8.04. The van der Waals surface area contributed by atoms with Gasteiger partial charge in [0.05, 0.1) is 5.56 Å². The number of anilines is 1. The normalized spacial score (nSPS) is 17.3. The average Bonchev–Trinajstić information content (AvgIpc) is 2.51. The van der Waals surface area contributed by atoms with E-state index in [1.165, 1.54) is 19.3 Å². The summed E-state index contributed by atoms with van der Waals surface area (Å²) in [6.45, 7) is 3.94. The fourth-order valence-corrected chi connectivity index (χ4v) is 2.98. The molecule has 0 unspecified atom stereocenters. The molecule has 0 atom stereocenters. The van der Waals surface area contributed by atoms with E-state index in [9.17, 15) is 4.79 Å². The summed E-state index contributed by atoms with van der Waals surface area (Å²) in [7, 11) is 0. The molecule has 1 saturated carbocycles. The third-order valence-electron chi connectivity index (χ3n) is 3.98. The molecule has 1 fully saturated rings. The minimum Gasteiger partial charge on any atom is -0.384 e. The van der Waals surface area contributed by atoms with E-state index in [1.807, 2.05) is 13.8 Å². The quantitative estimate of drug-likeness (QED) is 0.825. The molecular formula is C13H21N3O. The van der Waals surface area contributed by atoms with Gasteiger partial charge in [-0.2, -0.15) is 0 Å². The minimum atomic E-state index is -0.419. The van der Waals surface area contributed by atoms with Gasteiger partial charge in [0.2, 0.25) is 0 Å². The molecule has 0 bridgehead atoms. The van der Waals surface area contributed by atoms with Crippen molar-refractivity contribution < 1.29 is 4.79 Å². The van der Waals surface area contributed by atoms with Crippen LogP contribution in [0.15, 0.2) is 0 Å². The number of primary amides is 1. The van der Waals surface area contributed by atoms with Crippen LogP contribution in [0.3, 0.4) is 0 Å². The van der Waals surface area contributed by atoms with Crippen LogP contribution in [0.2, 0.25) is 0 Å². The summed E-state index contributed by atoms with van der Waals surface area (Å²) in [5.74, 6) is 0.136. The summed E-state index contributed by atoms with van der Waals surface area (Å²) < 4.78 is 2.12. The summed E-state index contributed by atoms with van der Waals surface area (Å²) in [5, 5.41) is 0. The molecule has 1 heterocycles. The number of hydrogen-bond donors (Lipinski definition) is 2. The van der Waals surface area contributed by atoms with Crippen LogP contribution >= 0.6 is 0 Å². The second-order valence-corrected chi connectivity index (χ2v) is 5.00. The van der Waals surface area contributed by atoms with Crippen molar-refractivity contribution in [3.63, 3.8) is 0 Å². The summed E-state index contributed by atoms with van der Waals surface area (Å²) in [6.07, 6.45) is 6.09. The molecule has 4 heteroatoms. The highest BCUT2D eigenvalue weighted by Gasteiger charge is 2.25. The van der Waals surface area contributed by atoms with Crippen molar-refractivity contribution in [1.82, 2.24) is 4.57 Å². The third-order valence-corrected chi connectivity index (χ3v) is 3.98. The molecule has 0 aliphatic heterocycles. The Morgan fingerprint density at radius 3 is 2.29 bits per heavy atom. The second-order valence-electron chi connectivity index (χ2n) is 5.00. The first-order valence-electron chi connectivity index (χ1n) is 6.30. The van der Waals surface area contributed by atoms with Crippen LogP contribution in [0, 0.1) is 13.8 Å². The maximum Gasteiger partial charge on any atom is 0.252 e. The number of aromatic nitrogens is 1. The van der Waals surface area contributed by atoms with Gasteiger partial charge in [0, 0.05) is 11.7 Å². The van der Waals surface area contributed by atoms with Crippen molar-refractivity contribution in [2.75, 3.05) is 5.73 Å². The number of nitrogens with two attached hydrogens (primary N) is 2. The van der Waals surface area contributed by atoms with Gasteiger partial charge in [-0.25, -0.2) is 0 Å². The standard InChI is InChI=1S/C13H21N3O/c1-8-9(2)16(10-6-4-3-5-7-10)12(14)11(8)13(15)17/h10H,3-7,14H2,1-2H3,(H2,15,17). The van der Waals surface area contributed by atoms with Gasteiger partial charge in [-0.3, -0.25) is 4.79 Å². The fourth-order valence-electron chi connectivity index (χ4n) is 2.98. The zero-order valence-corrected chi connectivity index (χ0v) is 10.6. The van der Waals surface area contributed by atoms with E-state index >= 15 is 0 Å². The first kappa shape index (κ1) is 12.0. The fraction of sp³-hybridized carbons (Fsp3) is 0.615. The lowest BCUT2D eigenvalue weighted by Gasteiger charge is -2.26. The van der Waals surface area contributed by atoms with E-state index in [2.05, 4.69) is 4.57 Å². The summed E-state index contributed by atoms with van der Waals surface area (Å²) in [4.78, 5) is 11.4. The SMILES string of the molecule is Cc1c(C(N)=O)c(N)n(C2CCCCC2)c1C. The van der Waals surface area contributed by atoms with Crippen molar-refractivity contribution in [3.05, 3.63) is 16.8 Å². The first-order valence-corrected chi connectivity index (χ1v) is 6.30.